The Morgan fingerprint density at radius 2 is 1.86 bits per heavy atom. The van der Waals surface area contributed by atoms with Crippen LogP contribution >= 0.6 is 0 Å². The second-order valence-corrected chi connectivity index (χ2v) is 8.17. The van der Waals surface area contributed by atoms with Crippen LogP contribution in [0.1, 0.15) is 15.9 Å². The lowest BCUT2D eigenvalue weighted by Gasteiger charge is -2.14. The number of fused-ring (bicyclic) bond motifs is 1. The number of nitrogens with one attached hydrogen (secondary N) is 1. The van der Waals surface area contributed by atoms with Crippen molar-refractivity contribution in [2.24, 2.45) is 0 Å². The van der Waals surface area contributed by atoms with E-state index in [0.29, 0.717) is 11.3 Å². The summed E-state index contributed by atoms with van der Waals surface area (Å²) in [5.41, 5.74) is 6.81. The Hall–Kier alpha value is -4.98. The third kappa shape index (κ3) is 3.76. The molecule has 0 aliphatic heterocycles. The van der Waals surface area contributed by atoms with Crippen molar-refractivity contribution in [2.75, 3.05) is 5.32 Å². The molecule has 6 rings (SSSR count). The highest BCUT2D eigenvalue weighted by Crippen LogP contribution is 2.26. The van der Waals surface area contributed by atoms with Crippen molar-refractivity contribution < 1.29 is 4.79 Å². The number of rotatable bonds is 5. The molecule has 0 fully saturated rings. The van der Waals surface area contributed by atoms with Crippen LogP contribution < -0.4 is 5.32 Å². The van der Waals surface area contributed by atoms with Gasteiger partial charge in [-0.1, -0.05) is 12.1 Å². The average Bonchev–Trinajstić information content (AvgIpc) is 3.65. The molecule has 170 valence electrons. The molecule has 8 nitrogen and oxygen atoms in total. The molecule has 0 saturated heterocycles. The van der Waals surface area contributed by atoms with Crippen molar-refractivity contribution in [3.05, 3.63) is 115 Å². The second kappa shape index (κ2) is 8.42. The molecule has 0 radical (unpaired) electrons. The number of carbonyl (C=O) groups excluding carboxylic acids is 1. The summed E-state index contributed by atoms with van der Waals surface area (Å²) < 4.78 is 5.80. The summed E-state index contributed by atoms with van der Waals surface area (Å²) in [7, 11) is 0. The van der Waals surface area contributed by atoms with Gasteiger partial charge in [-0.2, -0.15) is 5.10 Å². The minimum Gasteiger partial charge on any atom is -0.322 e. The number of benzene rings is 2. The molecule has 1 amide bonds. The first-order valence-corrected chi connectivity index (χ1v) is 11.2. The molecule has 6 aromatic rings. The van der Waals surface area contributed by atoms with Gasteiger partial charge < -0.3 is 5.32 Å². The average molecular weight is 460 g/mol. The van der Waals surface area contributed by atoms with Gasteiger partial charge in [0.05, 0.1) is 23.3 Å². The van der Waals surface area contributed by atoms with Crippen LogP contribution in [0.25, 0.3) is 28.3 Å². The van der Waals surface area contributed by atoms with Gasteiger partial charge in [-0.3, -0.25) is 14.5 Å². The molecule has 0 saturated carbocycles. The van der Waals surface area contributed by atoms with E-state index in [1.165, 1.54) is 0 Å². The normalized spacial score (nSPS) is 11.1. The minimum absolute atomic E-state index is 0.190. The van der Waals surface area contributed by atoms with E-state index in [4.69, 9.17) is 0 Å². The van der Waals surface area contributed by atoms with Crippen LogP contribution in [0.15, 0.2) is 104 Å². The smallest absolute Gasteiger partial charge is 0.255 e. The number of aromatic nitrogens is 6. The van der Waals surface area contributed by atoms with Crippen LogP contribution in [0, 0.1) is 6.92 Å². The van der Waals surface area contributed by atoms with Gasteiger partial charge in [0.15, 0.2) is 5.65 Å². The lowest BCUT2D eigenvalue weighted by Crippen LogP contribution is -2.13. The molecule has 1 N–H and O–H groups in total. The van der Waals surface area contributed by atoms with Gasteiger partial charge >= 0.3 is 0 Å². The monoisotopic (exact) mass is 459 g/mol. The second-order valence-electron chi connectivity index (χ2n) is 8.17. The van der Waals surface area contributed by atoms with Crippen molar-refractivity contribution >= 4 is 17.2 Å². The van der Waals surface area contributed by atoms with Crippen LogP contribution in [0.2, 0.25) is 0 Å². The standard InChI is InChI=1S/C27H21N7O/c1-19-8-9-22(31-27(35)20-5-2-7-23(15-20)32-13-4-12-30-32)16-24(19)33-14-10-26-29-18-25(34(26)33)21-6-3-11-28-17-21/h2-18H,1H3,(H,31,35). The van der Waals surface area contributed by atoms with Crippen LogP contribution in [0.3, 0.4) is 0 Å². The summed E-state index contributed by atoms with van der Waals surface area (Å²) in [6, 6.07) is 21.0. The SMILES string of the molecule is Cc1ccc(NC(=O)c2cccc(-n3cccn3)c2)cc1-n1ccc2ncc(-c3cccnc3)n21. The number of aryl methyl sites for hydroxylation is 1. The fourth-order valence-corrected chi connectivity index (χ4v) is 4.15. The molecule has 35 heavy (non-hydrogen) atoms. The zero-order valence-corrected chi connectivity index (χ0v) is 18.9. The van der Waals surface area contributed by atoms with Gasteiger partial charge in [-0.15, -0.1) is 0 Å². The molecule has 8 heteroatoms. The maximum atomic E-state index is 13.1. The Kier molecular flexibility index (Phi) is 4.96. The van der Waals surface area contributed by atoms with Crippen LogP contribution in [-0.4, -0.2) is 34.9 Å². The number of imidazole rings is 1. The Morgan fingerprint density at radius 1 is 0.914 bits per heavy atom. The number of amides is 1. The van der Waals surface area contributed by atoms with E-state index >= 15 is 0 Å². The first kappa shape index (κ1) is 20.6. The number of carbonyl (C=O) groups is 1. The van der Waals surface area contributed by atoms with Crippen molar-refractivity contribution in [1.29, 1.82) is 0 Å². The van der Waals surface area contributed by atoms with E-state index in [2.05, 4.69) is 20.4 Å². The van der Waals surface area contributed by atoms with Crippen molar-refractivity contribution in [1.82, 2.24) is 28.9 Å². The molecule has 0 bridgehead atoms. The summed E-state index contributed by atoms with van der Waals surface area (Å²) in [5, 5.41) is 7.27. The fraction of sp³-hybridized carbons (Fsp3) is 0.0370. The Bertz CT molecular complexity index is 1650. The quantitative estimate of drug-likeness (QED) is 0.396. The topological polar surface area (TPSA) is 82.0 Å². The lowest BCUT2D eigenvalue weighted by molar-refractivity contribution is 0.102. The highest BCUT2D eigenvalue weighted by Gasteiger charge is 2.14. The maximum absolute atomic E-state index is 13.1. The molecule has 2 aromatic carbocycles. The van der Waals surface area contributed by atoms with E-state index in [0.717, 1.165) is 33.8 Å². The third-order valence-electron chi connectivity index (χ3n) is 5.89. The largest absolute Gasteiger partial charge is 0.322 e. The highest BCUT2D eigenvalue weighted by atomic mass is 16.1. The van der Waals surface area contributed by atoms with E-state index < -0.39 is 0 Å². The number of nitrogens with zero attached hydrogens (tertiary/aromatic N) is 6. The van der Waals surface area contributed by atoms with E-state index in [1.807, 2.05) is 102 Å². The molecular formula is C27H21N7O. The summed E-state index contributed by atoms with van der Waals surface area (Å²) >= 11 is 0. The molecule has 0 spiro atoms. The third-order valence-corrected chi connectivity index (χ3v) is 5.89. The molecule has 0 atom stereocenters. The Labute approximate surface area is 201 Å². The molecule has 0 aliphatic rings. The van der Waals surface area contributed by atoms with Crippen molar-refractivity contribution in [3.63, 3.8) is 0 Å². The van der Waals surface area contributed by atoms with E-state index in [-0.39, 0.29) is 5.91 Å². The minimum atomic E-state index is -0.190. The fourth-order valence-electron chi connectivity index (χ4n) is 4.15. The summed E-state index contributed by atoms with van der Waals surface area (Å²) in [5.74, 6) is -0.190. The summed E-state index contributed by atoms with van der Waals surface area (Å²) in [6.45, 7) is 2.04. The van der Waals surface area contributed by atoms with Crippen molar-refractivity contribution in [3.8, 4) is 22.6 Å². The molecule has 4 heterocycles. The van der Waals surface area contributed by atoms with Gasteiger partial charge in [0, 0.05) is 53.9 Å². The molecule has 4 aromatic heterocycles. The predicted molar refractivity (Wildman–Crippen MR) is 134 cm³/mol. The zero-order chi connectivity index (χ0) is 23.8. The van der Waals surface area contributed by atoms with Crippen LogP contribution in [0.4, 0.5) is 5.69 Å². The Morgan fingerprint density at radius 3 is 2.69 bits per heavy atom. The summed E-state index contributed by atoms with van der Waals surface area (Å²) in [4.78, 5) is 21.9. The Balaban J connectivity index is 1.34. The van der Waals surface area contributed by atoms with Gasteiger partial charge in [0.1, 0.15) is 0 Å². The highest BCUT2D eigenvalue weighted by molar-refractivity contribution is 6.04. The molecular weight excluding hydrogens is 438 g/mol. The molecule has 0 aliphatic carbocycles. The predicted octanol–water partition coefficient (Wildman–Crippen LogP) is 4.93. The zero-order valence-electron chi connectivity index (χ0n) is 18.9. The van der Waals surface area contributed by atoms with Crippen LogP contribution in [-0.2, 0) is 0 Å². The maximum Gasteiger partial charge on any atom is 0.255 e. The van der Waals surface area contributed by atoms with Gasteiger partial charge in [-0.25, -0.2) is 14.2 Å². The van der Waals surface area contributed by atoms with E-state index in [1.54, 1.807) is 23.1 Å². The van der Waals surface area contributed by atoms with E-state index in [9.17, 15) is 4.79 Å². The number of pyridine rings is 1. The summed E-state index contributed by atoms with van der Waals surface area (Å²) in [6.07, 6.45) is 10.9. The first-order valence-electron chi connectivity index (χ1n) is 11.2. The van der Waals surface area contributed by atoms with Crippen molar-refractivity contribution in [2.45, 2.75) is 6.92 Å². The molecule has 0 unspecified atom stereocenters. The van der Waals surface area contributed by atoms with Crippen LogP contribution in [0.5, 0.6) is 0 Å². The van der Waals surface area contributed by atoms with Gasteiger partial charge in [0.2, 0.25) is 0 Å². The lowest BCUT2D eigenvalue weighted by atomic mass is 10.1. The number of hydrogen-bond donors (Lipinski definition) is 1. The first-order chi connectivity index (χ1) is 17.2. The number of hydrogen-bond acceptors (Lipinski definition) is 4. The van der Waals surface area contributed by atoms with Gasteiger partial charge in [-0.05, 0) is 61.0 Å². The number of anilines is 1. The van der Waals surface area contributed by atoms with Gasteiger partial charge in [0.25, 0.3) is 5.91 Å².